The number of anilines is 1. The lowest BCUT2D eigenvalue weighted by Gasteiger charge is -2.16. The Labute approximate surface area is 211 Å². The van der Waals surface area contributed by atoms with Gasteiger partial charge in [-0.3, -0.25) is 0 Å². The Hall–Kier alpha value is -4.77. The molecule has 5 aromatic rings. The van der Waals surface area contributed by atoms with Gasteiger partial charge in [0.25, 0.3) is 0 Å². The quantitative estimate of drug-likeness (QED) is 0.195. The second-order valence-electron chi connectivity index (χ2n) is 8.40. The van der Waals surface area contributed by atoms with Gasteiger partial charge in [-0.15, -0.1) is 0 Å². The molecule has 36 heavy (non-hydrogen) atoms. The number of hydrogen-bond donors (Lipinski definition) is 1. The van der Waals surface area contributed by atoms with Crippen molar-refractivity contribution in [3.05, 3.63) is 126 Å². The highest BCUT2D eigenvalue weighted by molar-refractivity contribution is 5.99. The predicted octanol–water partition coefficient (Wildman–Crippen LogP) is 7.75. The van der Waals surface area contributed by atoms with E-state index in [1.54, 1.807) is 0 Å². The Morgan fingerprint density at radius 3 is 1.69 bits per heavy atom. The van der Waals surface area contributed by atoms with Crippen molar-refractivity contribution in [1.82, 2.24) is 9.97 Å². The normalized spacial score (nSPS) is 11.2. The number of benzene rings is 4. The summed E-state index contributed by atoms with van der Waals surface area (Å²) in [5.41, 5.74) is 9.36. The number of rotatable bonds is 7. The Morgan fingerprint density at radius 2 is 1.17 bits per heavy atom. The van der Waals surface area contributed by atoms with Gasteiger partial charge in [0.15, 0.2) is 5.75 Å². The van der Waals surface area contributed by atoms with Gasteiger partial charge in [-0.1, -0.05) is 109 Å². The standard InChI is InChI=1S/C31H26N4O/c1-22-18-20-24(21-19-22)23(2)34-35-31-32-28(25-12-6-3-7-13-25)30(36-27-16-10-5-11-17-27)29(33-31)26-14-8-4-9-15-26/h3-21H,1-2H3,(H,32,33,35)/b34-23+. The number of nitrogens with zero attached hydrogens (tertiary/aromatic N) is 3. The average Bonchev–Trinajstić information content (AvgIpc) is 2.94. The molecule has 0 radical (unpaired) electrons. The van der Waals surface area contributed by atoms with E-state index in [4.69, 9.17) is 14.7 Å². The molecule has 0 saturated heterocycles. The molecule has 0 saturated carbocycles. The Balaban J connectivity index is 1.63. The molecule has 4 aromatic carbocycles. The molecule has 0 bridgehead atoms. The fourth-order valence-corrected chi connectivity index (χ4v) is 3.78. The molecule has 0 aliphatic rings. The van der Waals surface area contributed by atoms with E-state index in [0.717, 1.165) is 22.4 Å². The molecule has 0 aliphatic heterocycles. The van der Waals surface area contributed by atoms with E-state index in [1.807, 2.05) is 97.9 Å². The van der Waals surface area contributed by atoms with Crippen LogP contribution in [0.1, 0.15) is 18.1 Å². The van der Waals surface area contributed by atoms with E-state index in [9.17, 15) is 0 Å². The van der Waals surface area contributed by atoms with E-state index in [-0.39, 0.29) is 0 Å². The van der Waals surface area contributed by atoms with E-state index in [1.165, 1.54) is 5.56 Å². The lowest BCUT2D eigenvalue weighted by Crippen LogP contribution is -2.06. The van der Waals surface area contributed by atoms with E-state index >= 15 is 0 Å². The first-order chi connectivity index (χ1) is 17.7. The minimum Gasteiger partial charge on any atom is -0.453 e. The molecule has 0 unspecified atom stereocenters. The number of nitrogens with one attached hydrogen (secondary N) is 1. The zero-order chi connectivity index (χ0) is 24.7. The molecule has 0 aliphatic carbocycles. The van der Waals surface area contributed by atoms with Gasteiger partial charge < -0.3 is 4.74 Å². The van der Waals surface area contributed by atoms with Gasteiger partial charge in [-0.25, -0.2) is 15.4 Å². The first-order valence-corrected chi connectivity index (χ1v) is 11.8. The Kier molecular flexibility index (Phi) is 6.81. The molecular formula is C31H26N4O. The van der Waals surface area contributed by atoms with E-state index in [0.29, 0.717) is 28.8 Å². The highest BCUT2D eigenvalue weighted by Gasteiger charge is 2.20. The summed E-state index contributed by atoms with van der Waals surface area (Å²) in [6.45, 7) is 4.03. The summed E-state index contributed by atoms with van der Waals surface area (Å²) < 4.78 is 6.42. The van der Waals surface area contributed by atoms with Crippen LogP contribution in [0.15, 0.2) is 120 Å². The van der Waals surface area contributed by atoms with Crippen LogP contribution in [-0.4, -0.2) is 15.7 Å². The lowest BCUT2D eigenvalue weighted by atomic mass is 10.1. The second-order valence-corrected chi connectivity index (χ2v) is 8.40. The molecule has 176 valence electrons. The Morgan fingerprint density at radius 1 is 0.667 bits per heavy atom. The molecule has 0 atom stereocenters. The van der Waals surface area contributed by atoms with E-state index < -0.39 is 0 Å². The predicted molar refractivity (Wildman–Crippen MR) is 146 cm³/mol. The SMILES string of the molecule is C/C(=N\Nc1nc(-c2ccccc2)c(Oc2ccccc2)c(-c2ccccc2)n1)c1ccc(C)cc1. The first kappa shape index (κ1) is 23.0. The van der Waals surface area contributed by atoms with Crippen LogP contribution >= 0.6 is 0 Å². The van der Waals surface area contributed by atoms with Crippen molar-refractivity contribution in [3.63, 3.8) is 0 Å². The van der Waals surface area contributed by atoms with Crippen molar-refractivity contribution in [3.8, 4) is 34.0 Å². The fourth-order valence-electron chi connectivity index (χ4n) is 3.78. The Bertz CT molecular complexity index is 1410. The van der Waals surface area contributed by atoms with Crippen LogP contribution < -0.4 is 10.2 Å². The average molecular weight is 471 g/mol. The van der Waals surface area contributed by atoms with Gasteiger partial charge in [0.1, 0.15) is 17.1 Å². The third kappa shape index (κ3) is 5.31. The monoisotopic (exact) mass is 470 g/mol. The van der Waals surface area contributed by atoms with Crippen molar-refractivity contribution >= 4 is 11.7 Å². The highest BCUT2D eigenvalue weighted by atomic mass is 16.5. The summed E-state index contributed by atoms with van der Waals surface area (Å²) in [5, 5.41) is 4.58. The summed E-state index contributed by atoms with van der Waals surface area (Å²) in [7, 11) is 0. The molecular weight excluding hydrogens is 444 g/mol. The maximum Gasteiger partial charge on any atom is 0.244 e. The van der Waals surface area contributed by atoms with Crippen molar-refractivity contribution in [2.45, 2.75) is 13.8 Å². The van der Waals surface area contributed by atoms with Crippen LogP contribution in [0, 0.1) is 6.92 Å². The highest BCUT2D eigenvalue weighted by Crippen LogP contribution is 2.40. The van der Waals surface area contributed by atoms with Crippen LogP contribution in [0.4, 0.5) is 5.95 Å². The number of hydrogen-bond acceptors (Lipinski definition) is 5. The zero-order valence-corrected chi connectivity index (χ0v) is 20.2. The molecule has 5 heteroatoms. The summed E-state index contributed by atoms with van der Waals surface area (Å²) in [4.78, 5) is 9.70. The summed E-state index contributed by atoms with van der Waals surface area (Å²) in [6.07, 6.45) is 0. The van der Waals surface area contributed by atoms with Crippen molar-refractivity contribution in [2.24, 2.45) is 5.10 Å². The van der Waals surface area contributed by atoms with Gasteiger partial charge >= 0.3 is 0 Å². The van der Waals surface area contributed by atoms with Crippen LogP contribution in [0.25, 0.3) is 22.5 Å². The summed E-state index contributed by atoms with van der Waals surface area (Å²) >= 11 is 0. The topological polar surface area (TPSA) is 59.4 Å². The van der Waals surface area contributed by atoms with E-state index in [2.05, 4.69) is 41.7 Å². The number of para-hydroxylation sites is 1. The van der Waals surface area contributed by atoms with Crippen molar-refractivity contribution < 1.29 is 4.74 Å². The number of hydrazone groups is 1. The van der Waals surface area contributed by atoms with Crippen LogP contribution in [-0.2, 0) is 0 Å². The maximum absolute atomic E-state index is 6.42. The number of aryl methyl sites for hydroxylation is 1. The third-order valence-electron chi connectivity index (χ3n) is 5.72. The summed E-state index contributed by atoms with van der Waals surface area (Å²) in [5.74, 6) is 1.69. The summed E-state index contributed by atoms with van der Waals surface area (Å²) in [6, 6.07) is 37.9. The van der Waals surface area contributed by atoms with Crippen LogP contribution in [0.5, 0.6) is 11.5 Å². The minimum absolute atomic E-state index is 0.388. The number of ether oxygens (including phenoxy) is 1. The van der Waals surface area contributed by atoms with Gasteiger partial charge in [0, 0.05) is 11.1 Å². The smallest absolute Gasteiger partial charge is 0.244 e. The molecule has 1 heterocycles. The second kappa shape index (κ2) is 10.7. The van der Waals surface area contributed by atoms with Gasteiger partial charge in [-0.2, -0.15) is 5.10 Å². The van der Waals surface area contributed by atoms with Gasteiger partial charge in [-0.05, 0) is 31.5 Å². The largest absolute Gasteiger partial charge is 0.453 e. The third-order valence-corrected chi connectivity index (χ3v) is 5.72. The molecule has 0 amide bonds. The molecule has 0 fully saturated rings. The fraction of sp³-hybridized carbons (Fsp3) is 0.0645. The van der Waals surface area contributed by atoms with Crippen LogP contribution in [0.3, 0.4) is 0 Å². The molecule has 5 nitrogen and oxygen atoms in total. The molecule has 0 spiro atoms. The molecule has 1 aromatic heterocycles. The zero-order valence-electron chi connectivity index (χ0n) is 20.2. The minimum atomic E-state index is 0.388. The van der Waals surface area contributed by atoms with Crippen molar-refractivity contribution in [1.29, 1.82) is 0 Å². The number of aromatic nitrogens is 2. The molecule has 1 N–H and O–H groups in total. The van der Waals surface area contributed by atoms with Crippen molar-refractivity contribution in [2.75, 3.05) is 5.43 Å². The van der Waals surface area contributed by atoms with Gasteiger partial charge in [0.05, 0.1) is 5.71 Å². The first-order valence-electron chi connectivity index (χ1n) is 11.8. The molecule has 5 rings (SSSR count). The van der Waals surface area contributed by atoms with Gasteiger partial charge in [0.2, 0.25) is 5.95 Å². The van der Waals surface area contributed by atoms with Crippen LogP contribution in [0.2, 0.25) is 0 Å². The maximum atomic E-state index is 6.42. The lowest BCUT2D eigenvalue weighted by molar-refractivity contribution is 0.482.